The number of aromatic nitrogens is 2. The fourth-order valence-electron chi connectivity index (χ4n) is 1.36. The van der Waals surface area contributed by atoms with Gasteiger partial charge in [-0.25, -0.2) is 9.97 Å². The molecule has 0 saturated carbocycles. The number of anilines is 1. The van der Waals surface area contributed by atoms with Gasteiger partial charge in [0.05, 0.1) is 0 Å². The Kier molecular flexibility index (Phi) is 3.66. The monoisotopic (exact) mass is 248 g/mol. The average Bonchev–Trinajstić information content (AvgIpc) is 2.82. The summed E-state index contributed by atoms with van der Waals surface area (Å²) in [6, 6.07) is 4.02. The zero-order chi connectivity index (χ0) is 12.1. The first kappa shape index (κ1) is 11.5. The van der Waals surface area contributed by atoms with Crippen LogP contribution in [0.25, 0.3) is 0 Å². The number of thiophene rings is 1. The molecule has 6 heteroatoms. The summed E-state index contributed by atoms with van der Waals surface area (Å²) < 4.78 is 0. The van der Waals surface area contributed by atoms with E-state index in [-0.39, 0.29) is 17.4 Å². The second kappa shape index (κ2) is 5.40. The van der Waals surface area contributed by atoms with Gasteiger partial charge in [0.2, 0.25) is 0 Å². The summed E-state index contributed by atoms with van der Waals surface area (Å²) in [5.41, 5.74) is 5.73. The van der Waals surface area contributed by atoms with Crippen molar-refractivity contribution in [2.45, 2.75) is 6.42 Å². The summed E-state index contributed by atoms with van der Waals surface area (Å²) in [7, 11) is 0. The van der Waals surface area contributed by atoms with Crippen molar-refractivity contribution in [3.05, 3.63) is 40.5 Å². The highest BCUT2D eigenvalue weighted by Gasteiger charge is 2.10. The Labute approximate surface area is 103 Å². The number of carbonyl (C=O) groups is 1. The molecule has 0 atom stereocenters. The Bertz CT molecular complexity index is 498. The van der Waals surface area contributed by atoms with Gasteiger partial charge in [-0.05, 0) is 17.9 Å². The predicted octanol–water partition coefficient (Wildman–Crippen LogP) is 1.09. The second-order valence-electron chi connectivity index (χ2n) is 3.38. The third-order valence-corrected chi connectivity index (χ3v) is 3.11. The minimum absolute atomic E-state index is 0.154. The summed E-state index contributed by atoms with van der Waals surface area (Å²) in [6.07, 6.45) is 3.71. The molecule has 0 saturated heterocycles. The molecule has 0 aliphatic heterocycles. The van der Waals surface area contributed by atoms with Crippen molar-refractivity contribution >= 4 is 23.1 Å². The van der Waals surface area contributed by atoms with Crippen molar-refractivity contribution in [2.24, 2.45) is 0 Å². The number of nitrogens with one attached hydrogen (secondary N) is 1. The number of nitrogens with two attached hydrogens (primary N) is 1. The molecule has 2 aromatic rings. The van der Waals surface area contributed by atoms with Gasteiger partial charge in [0.25, 0.3) is 5.91 Å². The van der Waals surface area contributed by atoms with Crippen molar-refractivity contribution in [2.75, 3.05) is 12.3 Å². The lowest BCUT2D eigenvalue weighted by atomic mass is 10.3. The lowest BCUT2D eigenvalue weighted by molar-refractivity contribution is 0.0950. The largest absolute Gasteiger partial charge is 0.382 e. The predicted molar refractivity (Wildman–Crippen MR) is 66.8 cm³/mol. The first-order valence-corrected chi connectivity index (χ1v) is 6.02. The quantitative estimate of drug-likeness (QED) is 0.848. The highest BCUT2D eigenvalue weighted by Crippen LogP contribution is 2.08. The van der Waals surface area contributed by atoms with Crippen LogP contribution < -0.4 is 11.1 Å². The molecule has 88 valence electrons. The van der Waals surface area contributed by atoms with Crippen LogP contribution in [0.2, 0.25) is 0 Å². The molecule has 0 aromatic carbocycles. The third-order valence-electron chi connectivity index (χ3n) is 2.18. The van der Waals surface area contributed by atoms with Crippen LogP contribution in [0.5, 0.6) is 0 Å². The average molecular weight is 248 g/mol. The number of carbonyl (C=O) groups excluding carboxylic acids is 1. The first-order chi connectivity index (χ1) is 8.27. The van der Waals surface area contributed by atoms with E-state index in [1.165, 1.54) is 17.3 Å². The molecule has 3 N–H and O–H groups in total. The molecule has 0 unspecified atom stereocenters. The molecule has 5 nitrogen and oxygen atoms in total. The Morgan fingerprint density at radius 1 is 1.41 bits per heavy atom. The van der Waals surface area contributed by atoms with E-state index in [1.807, 2.05) is 17.5 Å². The van der Waals surface area contributed by atoms with Crippen LogP contribution in [0, 0.1) is 0 Å². The summed E-state index contributed by atoms with van der Waals surface area (Å²) in [4.78, 5) is 20.6. The highest BCUT2D eigenvalue weighted by atomic mass is 32.1. The first-order valence-electron chi connectivity index (χ1n) is 5.14. The van der Waals surface area contributed by atoms with Gasteiger partial charge in [-0.15, -0.1) is 11.3 Å². The van der Waals surface area contributed by atoms with E-state index >= 15 is 0 Å². The Morgan fingerprint density at radius 3 is 2.94 bits per heavy atom. The van der Waals surface area contributed by atoms with Crippen molar-refractivity contribution in [3.8, 4) is 0 Å². The van der Waals surface area contributed by atoms with E-state index < -0.39 is 0 Å². The lowest BCUT2D eigenvalue weighted by Crippen LogP contribution is -2.27. The van der Waals surface area contributed by atoms with E-state index in [9.17, 15) is 4.79 Å². The Hall–Kier alpha value is -1.95. The fraction of sp³-hybridized carbons (Fsp3) is 0.182. The normalized spacial score (nSPS) is 10.1. The van der Waals surface area contributed by atoms with Crippen LogP contribution in [-0.4, -0.2) is 22.4 Å². The molecular weight excluding hydrogens is 236 g/mol. The molecule has 2 rings (SSSR count). The second-order valence-corrected chi connectivity index (χ2v) is 4.41. The zero-order valence-corrected chi connectivity index (χ0v) is 9.91. The number of amides is 1. The van der Waals surface area contributed by atoms with Crippen molar-refractivity contribution in [3.63, 3.8) is 0 Å². The Balaban J connectivity index is 1.88. The number of rotatable bonds is 4. The van der Waals surface area contributed by atoms with Crippen LogP contribution in [0.15, 0.2) is 29.9 Å². The molecule has 2 aromatic heterocycles. The minimum Gasteiger partial charge on any atom is -0.382 e. The van der Waals surface area contributed by atoms with Crippen molar-refractivity contribution in [1.29, 1.82) is 0 Å². The molecule has 0 aliphatic carbocycles. The molecular formula is C11H12N4OS. The van der Waals surface area contributed by atoms with Crippen LogP contribution >= 0.6 is 11.3 Å². The van der Waals surface area contributed by atoms with Crippen molar-refractivity contribution in [1.82, 2.24) is 15.3 Å². The SMILES string of the molecule is Nc1nccnc1C(=O)NCCc1cccs1. The van der Waals surface area contributed by atoms with Crippen LogP contribution in [-0.2, 0) is 6.42 Å². The molecule has 0 fully saturated rings. The van der Waals surface area contributed by atoms with Gasteiger partial charge in [-0.2, -0.15) is 0 Å². The lowest BCUT2D eigenvalue weighted by Gasteiger charge is -2.04. The summed E-state index contributed by atoms with van der Waals surface area (Å²) >= 11 is 1.67. The molecule has 0 spiro atoms. The molecule has 1 amide bonds. The smallest absolute Gasteiger partial charge is 0.273 e. The number of nitrogen functional groups attached to an aromatic ring is 1. The zero-order valence-electron chi connectivity index (χ0n) is 9.09. The van der Waals surface area contributed by atoms with Crippen LogP contribution in [0.4, 0.5) is 5.82 Å². The summed E-state index contributed by atoms with van der Waals surface area (Å²) in [6.45, 7) is 0.565. The molecule has 0 radical (unpaired) electrons. The molecule has 2 heterocycles. The highest BCUT2D eigenvalue weighted by molar-refractivity contribution is 7.09. The summed E-state index contributed by atoms with van der Waals surface area (Å²) in [5.74, 6) is -0.131. The number of hydrogen-bond donors (Lipinski definition) is 2. The maximum atomic E-state index is 11.7. The molecule has 0 aliphatic rings. The molecule has 0 bridgehead atoms. The fourth-order valence-corrected chi connectivity index (χ4v) is 2.07. The van der Waals surface area contributed by atoms with Gasteiger partial charge >= 0.3 is 0 Å². The van der Waals surface area contributed by atoms with Gasteiger partial charge in [0, 0.05) is 23.8 Å². The van der Waals surface area contributed by atoms with Gasteiger partial charge in [-0.3, -0.25) is 4.79 Å². The number of nitrogens with zero attached hydrogens (tertiary/aromatic N) is 2. The van der Waals surface area contributed by atoms with E-state index in [1.54, 1.807) is 11.3 Å². The molecule has 17 heavy (non-hydrogen) atoms. The third kappa shape index (κ3) is 3.01. The van der Waals surface area contributed by atoms with E-state index in [4.69, 9.17) is 5.73 Å². The Morgan fingerprint density at radius 2 is 2.24 bits per heavy atom. The van der Waals surface area contributed by atoms with E-state index in [2.05, 4.69) is 15.3 Å². The topological polar surface area (TPSA) is 80.9 Å². The number of hydrogen-bond acceptors (Lipinski definition) is 5. The van der Waals surface area contributed by atoms with Gasteiger partial charge in [-0.1, -0.05) is 6.07 Å². The van der Waals surface area contributed by atoms with Crippen molar-refractivity contribution < 1.29 is 4.79 Å². The maximum absolute atomic E-state index is 11.7. The maximum Gasteiger partial charge on any atom is 0.273 e. The van der Waals surface area contributed by atoms with Gasteiger partial charge < -0.3 is 11.1 Å². The van der Waals surface area contributed by atoms with E-state index in [0.29, 0.717) is 6.54 Å². The van der Waals surface area contributed by atoms with Crippen LogP contribution in [0.1, 0.15) is 15.4 Å². The van der Waals surface area contributed by atoms with Gasteiger partial charge in [0.1, 0.15) is 0 Å². The van der Waals surface area contributed by atoms with Gasteiger partial charge in [0.15, 0.2) is 11.5 Å². The minimum atomic E-state index is -0.285. The van der Waals surface area contributed by atoms with Crippen LogP contribution in [0.3, 0.4) is 0 Å². The summed E-state index contributed by atoms with van der Waals surface area (Å²) in [5, 5.41) is 4.78. The standard InChI is InChI=1S/C11H12N4OS/c12-10-9(13-5-6-14-10)11(16)15-4-3-8-2-1-7-17-8/h1-2,5-7H,3-4H2,(H2,12,14)(H,15,16). The van der Waals surface area contributed by atoms with E-state index in [0.717, 1.165) is 6.42 Å².